The van der Waals surface area contributed by atoms with Crippen LogP contribution in [0.25, 0.3) is 16.5 Å². The number of fused-ring (bicyclic) bond motifs is 2. The lowest BCUT2D eigenvalue weighted by Gasteiger charge is -2.25. The van der Waals surface area contributed by atoms with Crippen molar-refractivity contribution in [3.05, 3.63) is 89.1 Å². The molecule has 1 N–H and O–H groups in total. The molecule has 1 aliphatic heterocycles. The molecule has 0 unspecified atom stereocenters. The van der Waals surface area contributed by atoms with E-state index in [9.17, 15) is 4.79 Å². The molecule has 4 nitrogen and oxygen atoms in total. The second-order valence-corrected chi connectivity index (χ2v) is 7.15. The number of halogens is 1. The van der Waals surface area contributed by atoms with E-state index in [4.69, 9.17) is 11.6 Å². The van der Waals surface area contributed by atoms with Gasteiger partial charge in [-0.3, -0.25) is 4.79 Å². The predicted molar refractivity (Wildman–Crippen MR) is 108 cm³/mol. The largest absolute Gasteiger partial charge is 0.310 e. The smallest absolute Gasteiger partial charge is 0.226 e. The lowest BCUT2D eigenvalue weighted by molar-refractivity contribution is -0.116. The molecule has 2 heterocycles. The van der Waals surface area contributed by atoms with Gasteiger partial charge in [0.1, 0.15) is 5.82 Å². The van der Waals surface area contributed by atoms with Crippen LogP contribution >= 0.6 is 11.6 Å². The molecule has 4 aromatic rings. The fraction of sp³-hybridized carbons (Fsp3) is 0.0909. The van der Waals surface area contributed by atoms with Crippen LogP contribution in [0.15, 0.2) is 72.9 Å². The molecular formula is C22H16ClN3O. The number of hydrogen-bond donors (Lipinski definition) is 1. The van der Waals surface area contributed by atoms with Crippen LogP contribution in [0.2, 0.25) is 5.02 Å². The van der Waals surface area contributed by atoms with Gasteiger partial charge in [-0.1, -0.05) is 60.1 Å². The number of nitrogens with zero attached hydrogens (tertiary/aromatic N) is 2. The zero-order chi connectivity index (χ0) is 18.4. The third kappa shape index (κ3) is 2.69. The van der Waals surface area contributed by atoms with Gasteiger partial charge in [0.2, 0.25) is 5.91 Å². The number of carbonyl (C=O) groups excluding carboxylic acids is 1. The van der Waals surface area contributed by atoms with Gasteiger partial charge in [0.15, 0.2) is 0 Å². The topological polar surface area (TPSA) is 46.9 Å². The minimum Gasteiger partial charge on any atom is -0.310 e. The average molecular weight is 374 g/mol. The minimum absolute atomic E-state index is 0.00999. The first-order chi connectivity index (χ1) is 13.2. The molecule has 5 rings (SSSR count). The van der Waals surface area contributed by atoms with E-state index in [-0.39, 0.29) is 11.8 Å². The Kier molecular flexibility index (Phi) is 3.73. The fourth-order valence-corrected chi connectivity index (χ4v) is 4.04. The molecule has 1 amide bonds. The molecule has 0 spiro atoms. The number of hydrogen-bond acceptors (Lipinski definition) is 2. The third-order valence-electron chi connectivity index (χ3n) is 5.07. The lowest BCUT2D eigenvalue weighted by atomic mass is 9.84. The summed E-state index contributed by atoms with van der Waals surface area (Å²) < 4.78 is 1.75. The summed E-state index contributed by atoms with van der Waals surface area (Å²) >= 11 is 6.14. The van der Waals surface area contributed by atoms with E-state index in [1.165, 1.54) is 10.8 Å². The Hall–Kier alpha value is -3.11. The molecule has 0 saturated carbocycles. The van der Waals surface area contributed by atoms with E-state index in [2.05, 4.69) is 34.7 Å². The highest BCUT2D eigenvalue weighted by molar-refractivity contribution is 6.30. The van der Waals surface area contributed by atoms with Gasteiger partial charge in [-0.2, -0.15) is 5.10 Å². The Balaban J connectivity index is 1.69. The quantitative estimate of drug-likeness (QED) is 0.528. The summed E-state index contributed by atoms with van der Waals surface area (Å²) in [5, 5.41) is 10.5. The maximum absolute atomic E-state index is 12.5. The van der Waals surface area contributed by atoms with Crippen LogP contribution in [0, 0.1) is 0 Å². The Labute approximate surface area is 161 Å². The monoisotopic (exact) mass is 373 g/mol. The van der Waals surface area contributed by atoms with Gasteiger partial charge in [0.05, 0.1) is 11.9 Å². The standard InChI is InChI=1S/C22H16ClN3O/c23-15-7-4-8-16(11-15)26-22-20(13-24-26)19(12-21(27)25-22)18-10-3-6-14-5-1-2-9-17(14)18/h1-11,13,19H,12H2,(H,25,27)/t19-/m1/s1. The van der Waals surface area contributed by atoms with Crippen molar-refractivity contribution in [1.82, 2.24) is 9.78 Å². The van der Waals surface area contributed by atoms with Gasteiger partial charge >= 0.3 is 0 Å². The maximum Gasteiger partial charge on any atom is 0.226 e. The fourth-order valence-electron chi connectivity index (χ4n) is 3.86. The molecule has 1 aromatic heterocycles. The Bertz CT molecular complexity index is 1180. The normalized spacial score (nSPS) is 16.2. The van der Waals surface area contributed by atoms with Gasteiger partial charge in [-0.15, -0.1) is 0 Å². The number of amides is 1. The van der Waals surface area contributed by atoms with Crippen LogP contribution in [0.1, 0.15) is 23.5 Å². The number of benzene rings is 3. The summed E-state index contributed by atoms with van der Waals surface area (Å²) in [6.07, 6.45) is 2.25. The van der Waals surface area contributed by atoms with Crippen molar-refractivity contribution in [3.63, 3.8) is 0 Å². The van der Waals surface area contributed by atoms with E-state index in [1.54, 1.807) is 4.68 Å². The van der Waals surface area contributed by atoms with Gasteiger partial charge < -0.3 is 5.32 Å². The average Bonchev–Trinajstić information content (AvgIpc) is 3.10. The van der Waals surface area contributed by atoms with Crippen molar-refractivity contribution in [1.29, 1.82) is 0 Å². The van der Waals surface area contributed by atoms with Gasteiger partial charge in [0.25, 0.3) is 0 Å². The number of nitrogens with one attached hydrogen (secondary N) is 1. The van der Waals surface area contributed by atoms with Crippen LogP contribution in [0.3, 0.4) is 0 Å². The summed E-state index contributed by atoms with van der Waals surface area (Å²) in [5.74, 6) is 0.670. The SMILES string of the molecule is O=C1C[C@H](c2cccc3ccccc23)c2cnn(-c3cccc(Cl)c3)c2N1. The van der Waals surface area contributed by atoms with E-state index in [0.717, 1.165) is 16.8 Å². The summed E-state index contributed by atoms with van der Waals surface area (Å²) in [6, 6.07) is 22.0. The van der Waals surface area contributed by atoms with Crippen LogP contribution in [0.5, 0.6) is 0 Å². The van der Waals surface area contributed by atoms with Crippen molar-refractivity contribution >= 4 is 34.1 Å². The first-order valence-corrected chi connectivity index (χ1v) is 9.20. The zero-order valence-corrected chi connectivity index (χ0v) is 15.1. The number of anilines is 1. The first kappa shape index (κ1) is 16.1. The molecule has 0 radical (unpaired) electrons. The number of rotatable bonds is 2. The highest BCUT2D eigenvalue weighted by atomic mass is 35.5. The molecule has 27 heavy (non-hydrogen) atoms. The molecule has 3 aromatic carbocycles. The molecule has 0 bridgehead atoms. The maximum atomic E-state index is 12.5. The third-order valence-corrected chi connectivity index (χ3v) is 5.31. The van der Waals surface area contributed by atoms with Crippen molar-refractivity contribution in [2.24, 2.45) is 0 Å². The molecule has 5 heteroatoms. The lowest BCUT2D eigenvalue weighted by Crippen LogP contribution is -2.24. The highest BCUT2D eigenvalue weighted by Crippen LogP contribution is 2.40. The number of carbonyl (C=O) groups is 1. The Morgan fingerprint density at radius 1 is 1.00 bits per heavy atom. The summed E-state index contributed by atoms with van der Waals surface area (Å²) in [4.78, 5) is 12.5. The molecule has 0 fully saturated rings. The zero-order valence-electron chi connectivity index (χ0n) is 14.4. The molecule has 0 saturated heterocycles. The minimum atomic E-state index is -0.0345. The van der Waals surface area contributed by atoms with E-state index < -0.39 is 0 Å². The van der Waals surface area contributed by atoms with Crippen LogP contribution in [-0.4, -0.2) is 15.7 Å². The molecular weight excluding hydrogens is 358 g/mol. The summed E-state index contributed by atoms with van der Waals surface area (Å²) in [7, 11) is 0. The van der Waals surface area contributed by atoms with Crippen LogP contribution in [0.4, 0.5) is 5.82 Å². The van der Waals surface area contributed by atoms with Crippen molar-refractivity contribution in [2.75, 3.05) is 5.32 Å². The number of aromatic nitrogens is 2. The van der Waals surface area contributed by atoms with E-state index in [0.29, 0.717) is 17.3 Å². The van der Waals surface area contributed by atoms with Crippen molar-refractivity contribution < 1.29 is 4.79 Å². The van der Waals surface area contributed by atoms with Crippen LogP contribution < -0.4 is 5.32 Å². The molecule has 132 valence electrons. The van der Waals surface area contributed by atoms with Gasteiger partial charge in [0, 0.05) is 22.9 Å². The molecule has 1 aliphatic rings. The molecule has 0 aliphatic carbocycles. The Morgan fingerprint density at radius 3 is 2.70 bits per heavy atom. The van der Waals surface area contributed by atoms with Gasteiger partial charge in [-0.05, 0) is 34.5 Å². The van der Waals surface area contributed by atoms with Gasteiger partial charge in [-0.25, -0.2) is 4.68 Å². The van der Waals surface area contributed by atoms with Crippen LogP contribution in [-0.2, 0) is 4.79 Å². The van der Waals surface area contributed by atoms with E-state index in [1.807, 2.05) is 48.7 Å². The Morgan fingerprint density at radius 2 is 1.81 bits per heavy atom. The van der Waals surface area contributed by atoms with Crippen molar-refractivity contribution in [3.8, 4) is 5.69 Å². The summed E-state index contributed by atoms with van der Waals surface area (Å²) in [6.45, 7) is 0. The second kappa shape index (κ2) is 6.25. The first-order valence-electron chi connectivity index (χ1n) is 8.82. The summed E-state index contributed by atoms with van der Waals surface area (Å²) in [5.41, 5.74) is 2.99. The molecule has 1 atom stereocenters. The predicted octanol–water partition coefficient (Wildman–Crippen LogP) is 5.15. The second-order valence-electron chi connectivity index (χ2n) is 6.71. The highest BCUT2D eigenvalue weighted by Gasteiger charge is 2.31. The van der Waals surface area contributed by atoms with Crippen molar-refractivity contribution in [2.45, 2.75) is 12.3 Å². The van der Waals surface area contributed by atoms with E-state index >= 15 is 0 Å².